The van der Waals surface area contributed by atoms with Gasteiger partial charge in [-0.3, -0.25) is 4.68 Å². The van der Waals surface area contributed by atoms with Crippen LogP contribution in [0.25, 0.3) is 0 Å². The summed E-state index contributed by atoms with van der Waals surface area (Å²) >= 11 is 0. The molecule has 0 aliphatic rings. The largest absolute Gasteiger partial charge is 0.492 e. The molecule has 1 heterocycles. The van der Waals surface area contributed by atoms with Crippen molar-refractivity contribution in [3.05, 3.63) is 83.9 Å². The van der Waals surface area contributed by atoms with Crippen molar-refractivity contribution in [3.8, 4) is 5.75 Å². The highest BCUT2D eigenvalue weighted by molar-refractivity contribution is 5.79. The molecule has 6 nitrogen and oxygen atoms in total. The zero-order valence-electron chi connectivity index (χ0n) is 16.5. The molecule has 3 aromatic rings. The van der Waals surface area contributed by atoms with Crippen molar-refractivity contribution in [1.29, 1.82) is 0 Å². The molecule has 0 fully saturated rings. The van der Waals surface area contributed by atoms with Gasteiger partial charge in [-0.15, -0.1) is 0 Å². The third kappa shape index (κ3) is 6.64. The van der Waals surface area contributed by atoms with E-state index in [2.05, 4.69) is 32.9 Å². The molecule has 0 aliphatic heterocycles. The first kappa shape index (κ1) is 20.4. The van der Waals surface area contributed by atoms with Gasteiger partial charge in [-0.25, -0.2) is 9.38 Å². The molecule has 1 aromatic heterocycles. The summed E-state index contributed by atoms with van der Waals surface area (Å²) in [5.41, 5.74) is 2.33. The maximum absolute atomic E-state index is 13.2. The summed E-state index contributed by atoms with van der Waals surface area (Å²) in [4.78, 5) is 4.68. The van der Waals surface area contributed by atoms with Crippen molar-refractivity contribution in [2.45, 2.75) is 20.0 Å². The van der Waals surface area contributed by atoms with Crippen molar-refractivity contribution in [2.24, 2.45) is 4.99 Å². The summed E-state index contributed by atoms with van der Waals surface area (Å²) in [5.74, 6) is 0.921. The van der Waals surface area contributed by atoms with Crippen molar-refractivity contribution >= 4 is 5.96 Å². The van der Waals surface area contributed by atoms with Gasteiger partial charge in [0.05, 0.1) is 19.6 Å². The molecule has 2 aromatic carbocycles. The third-order valence-electron chi connectivity index (χ3n) is 4.22. The Balaban J connectivity index is 1.55. The zero-order chi connectivity index (χ0) is 20.3. The first-order valence-corrected chi connectivity index (χ1v) is 9.69. The van der Waals surface area contributed by atoms with Gasteiger partial charge in [0.1, 0.15) is 18.2 Å². The fraction of sp³-hybridized carbons (Fsp3) is 0.273. The molecule has 3 rings (SSSR count). The molecule has 152 valence electrons. The van der Waals surface area contributed by atoms with Gasteiger partial charge in [0.25, 0.3) is 0 Å². The Hall–Kier alpha value is -3.35. The normalized spacial score (nSPS) is 11.3. The summed E-state index contributed by atoms with van der Waals surface area (Å²) in [6, 6.07) is 16.3. The summed E-state index contributed by atoms with van der Waals surface area (Å²) < 4.78 is 20.6. The Morgan fingerprint density at radius 3 is 2.72 bits per heavy atom. The molecular formula is C22H26FN5O. The molecular weight excluding hydrogens is 369 g/mol. The van der Waals surface area contributed by atoms with E-state index in [1.807, 2.05) is 36.0 Å². The predicted octanol–water partition coefficient (Wildman–Crippen LogP) is 3.20. The second-order valence-electron chi connectivity index (χ2n) is 6.40. The number of rotatable bonds is 9. The van der Waals surface area contributed by atoms with Crippen LogP contribution in [0.3, 0.4) is 0 Å². The van der Waals surface area contributed by atoms with E-state index < -0.39 is 0 Å². The van der Waals surface area contributed by atoms with Gasteiger partial charge in [0.15, 0.2) is 5.96 Å². The monoisotopic (exact) mass is 395 g/mol. The van der Waals surface area contributed by atoms with Crippen LogP contribution in [-0.4, -0.2) is 35.4 Å². The van der Waals surface area contributed by atoms with Crippen LogP contribution in [-0.2, 0) is 13.1 Å². The second kappa shape index (κ2) is 10.8. The average molecular weight is 395 g/mol. The maximum atomic E-state index is 13.2. The van der Waals surface area contributed by atoms with Crippen LogP contribution in [0, 0.1) is 5.82 Å². The topological polar surface area (TPSA) is 63.5 Å². The predicted molar refractivity (Wildman–Crippen MR) is 112 cm³/mol. The van der Waals surface area contributed by atoms with Crippen LogP contribution in [0.4, 0.5) is 4.39 Å². The van der Waals surface area contributed by atoms with E-state index in [1.54, 1.807) is 18.3 Å². The SMILES string of the molecule is CCNC(=NCc1ccccc1Cn1cccn1)NCCOc1cccc(F)c1. The summed E-state index contributed by atoms with van der Waals surface area (Å²) in [7, 11) is 0. The lowest BCUT2D eigenvalue weighted by Crippen LogP contribution is -2.39. The van der Waals surface area contributed by atoms with Crippen LogP contribution in [0.1, 0.15) is 18.1 Å². The molecule has 0 saturated heterocycles. The number of aliphatic imine (C=N–C) groups is 1. The second-order valence-corrected chi connectivity index (χ2v) is 6.40. The molecule has 2 N–H and O–H groups in total. The quantitative estimate of drug-likeness (QED) is 0.332. The Kier molecular flexibility index (Phi) is 7.63. The third-order valence-corrected chi connectivity index (χ3v) is 4.22. The summed E-state index contributed by atoms with van der Waals surface area (Å²) in [6.45, 7) is 5.00. The molecule has 0 spiro atoms. The van der Waals surface area contributed by atoms with Gasteiger partial charge in [-0.2, -0.15) is 5.10 Å². The molecule has 0 aliphatic carbocycles. The van der Waals surface area contributed by atoms with Gasteiger partial charge in [-0.1, -0.05) is 30.3 Å². The molecule has 0 atom stereocenters. The molecule has 29 heavy (non-hydrogen) atoms. The van der Waals surface area contributed by atoms with Gasteiger partial charge in [-0.05, 0) is 36.2 Å². The van der Waals surface area contributed by atoms with Gasteiger partial charge >= 0.3 is 0 Å². The maximum Gasteiger partial charge on any atom is 0.191 e. The minimum atomic E-state index is -0.306. The van der Waals surface area contributed by atoms with E-state index in [-0.39, 0.29) is 5.82 Å². The Labute approximate surface area is 170 Å². The smallest absolute Gasteiger partial charge is 0.191 e. The lowest BCUT2D eigenvalue weighted by molar-refractivity contribution is 0.320. The highest BCUT2D eigenvalue weighted by Gasteiger charge is 2.04. The minimum absolute atomic E-state index is 0.306. The first-order chi connectivity index (χ1) is 14.2. The molecule has 0 amide bonds. The molecule has 0 unspecified atom stereocenters. The van der Waals surface area contributed by atoms with Crippen molar-refractivity contribution in [3.63, 3.8) is 0 Å². The van der Waals surface area contributed by atoms with E-state index in [0.717, 1.165) is 12.1 Å². The standard InChI is InChI=1S/C22H26FN5O/c1-2-24-22(25-12-14-29-21-10-5-9-20(23)15-21)26-16-18-7-3-4-8-19(18)17-28-13-6-11-27-28/h3-11,13,15H,2,12,14,16-17H2,1H3,(H2,24,25,26). The summed E-state index contributed by atoms with van der Waals surface area (Å²) in [6.07, 6.45) is 3.73. The van der Waals surface area contributed by atoms with Gasteiger partial charge in [0.2, 0.25) is 0 Å². The van der Waals surface area contributed by atoms with Gasteiger partial charge in [0, 0.05) is 25.0 Å². The van der Waals surface area contributed by atoms with E-state index >= 15 is 0 Å². The zero-order valence-corrected chi connectivity index (χ0v) is 16.5. The number of hydrogen-bond acceptors (Lipinski definition) is 3. The lowest BCUT2D eigenvalue weighted by Gasteiger charge is -2.13. The lowest BCUT2D eigenvalue weighted by atomic mass is 10.1. The van der Waals surface area contributed by atoms with Crippen LogP contribution < -0.4 is 15.4 Å². The number of benzene rings is 2. The molecule has 0 saturated carbocycles. The Bertz CT molecular complexity index is 911. The minimum Gasteiger partial charge on any atom is -0.492 e. The van der Waals surface area contributed by atoms with Crippen LogP contribution in [0.5, 0.6) is 5.75 Å². The summed E-state index contributed by atoms with van der Waals surface area (Å²) in [5, 5.41) is 10.8. The van der Waals surface area contributed by atoms with Gasteiger partial charge < -0.3 is 15.4 Å². The fourth-order valence-corrected chi connectivity index (χ4v) is 2.84. The number of nitrogens with zero attached hydrogens (tertiary/aromatic N) is 3. The average Bonchev–Trinajstić information content (AvgIpc) is 3.23. The number of guanidine groups is 1. The highest BCUT2D eigenvalue weighted by atomic mass is 19.1. The number of halogens is 1. The van der Waals surface area contributed by atoms with Crippen molar-refractivity contribution in [1.82, 2.24) is 20.4 Å². The van der Waals surface area contributed by atoms with Crippen molar-refractivity contribution < 1.29 is 9.13 Å². The van der Waals surface area contributed by atoms with Crippen LogP contribution in [0.2, 0.25) is 0 Å². The van der Waals surface area contributed by atoms with Crippen LogP contribution in [0.15, 0.2) is 72.0 Å². The molecule has 7 heteroatoms. The Morgan fingerprint density at radius 1 is 1.10 bits per heavy atom. The van der Waals surface area contributed by atoms with E-state index in [0.29, 0.717) is 38.0 Å². The first-order valence-electron chi connectivity index (χ1n) is 9.69. The van der Waals surface area contributed by atoms with E-state index in [1.165, 1.54) is 17.7 Å². The van der Waals surface area contributed by atoms with E-state index in [4.69, 9.17) is 4.74 Å². The Morgan fingerprint density at radius 2 is 1.97 bits per heavy atom. The fourth-order valence-electron chi connectivity index (χ4n) is 2.84. The van der Waals surface area contributed by atoms with Crippen molar-refractivity contribution in [2.75, 3.05) is 19.7 Å². The number of ether oxygens (including phenoxy) is 1. The molecule has 0 bridgehead atoms. The van der Waals surface area contributed by atoms with Crippen LogP contribution >= 0.6 is 0 Å². The highest BCUT2D eigenvalue weighted by Crippen LogP contribution is 2.12. The number of hydrogen-bond donors (Lipinski definition) is 2. The van der Waals surface area contributed by atoms with E-state index in [9.17, 15) is 4.39 Å². The number of nitrogens with one attached hydrogen (secondary N) is 2. The number of aromatic nitrogens is 2. The molecule has 0 radical (unpaired) electrons.